The summed E-state index contributed by atoms with van der Waals surface area (Å²) in [4.78, 5) is 107. The molecule has 0 aliphatic carbocycles. The quantitative estimate of drug-likeness (QED) is 0.0793. The van der Waals surface area contributed by atoms with Crippen molar-refractivity contribution in [1.29, 1.82) is 0 Å². The fourth-order valence-corrected chi connectivity index (χ4v) is 6.93. The molecular formula is C45H71F3N8O8. The number of alkyl halides is 3. The number of rotatable bonds is 23. The lowest BCUT2D eigenvalue weighted by Gasteiger charge is -2.32. The number of benzene rings is 1. The van der Waals surface area contributed by atoms with Gasteiger partial charge in [-0.25, -0.2) is 0 Å². The summed E-state index contributed by atoms with van der Waals surface area (Å²) >= 11 is 0. The van der Waals surface area contributed by atoms with E-state index in [-0.39, 0.29) is 37.3 Å². The first-order valence-corrected chi connectivity index (χ1v) is 22.2. The second-order valence-corrected chi connectivity index (χ2v) is 19.0. The Balaban J connectivity index is 2.03. The van der Waals surface area contributed by atoms with E-state index in [1.165, 1.54) is 18.7 Å². The average molecular weight is 909 g/mol. The molecule has 0 bridgehead atoms. The van der Waals surface area contributed by atoms with Crippen molar-refractivity contribution in [3.05, 3.63) is 35.4 Å². The van der Waals surface area contributed by atoms with Crippen LogP contribution in [0.3, 0.4) is 0 Å². The highest BCUT2D eigenvalue weighted by atomic mass is 19.4. The Hall–Kier alpha value is -5.23. The molecule has 1 aliphatic heterocycles. The lowest BCUT2D eigenvalue weighted by Crippen LogP contribution is -2.62. The minimum absolute atomic E-state index is 0.0147. The van der Waals surface area contributed by atoms with Gasteiger partial charge in [0.1, 0.15) is 29.2 Å². The number of hydrogen-bond acceptors (Lipinski definition) is 8. The summed E-state index contributed by atoms with van der Waals surface area (Å²) in [5, 5.41) is 18.3. The third-order valence-electron chi connectivity index (χ3n) is 10.5. The molecular weight excluding hydrogens is 838 g/mol. The monoisotopic (exact) mass is 909 g/mol. The second kappa shape index (κ2) is 24.2. The molecule has 0 spiro atoms. The zero-order chi connectivity index (χ0) is 48.6. The van der Waals surface area contributed by atoms with E-state index < -0.39 is 107 Å². The first kappa shape index (κ1) is 54.9. The van der Waals surface area contributed by atoms with Crippen LogP contribution in [0, 0.1) is 5.92 Å². The molecule has 3 atom stereocenters. The Morgan fingerprint density at radius 2 is 1.27 bits per heavy atom. The van der Waals surface area contributed by atoms with E-state index in [1.54, 1.807) is 34.6 Å². The molecule has 1 aromatic carbocycles. The van der Waals surface area contributed by atoms with Crippen LogP contribution in [-0.4, -0.2) is 107 Å². The summed E-state index contributed by atoms with van der Waals surface area (Å²) in [6.07, 6.45) is 1.99. The molecule has 0 saturated carbocycles. The van der Waals surface area contributed by atoms with Crippen molar-refractivity contribution in [3.8, 4) is 0 Å². The Labute approximate surface area is 375 Å². The van der Waals surface area contributed by atoms with Crippen LogP contribution in [0.2, 0.25) is 0 Å². The van der Waals surface area contributed by atoms with Crippen molar-refractivity contribution in [2.45, 2.75) is 174 Å². The number of likely N-dealkylation sites (tertiary alicyclic amines) is 1. The Morgan fingerprint density at radius 3 is 1.84 bits per heavy atom. The molecule has 3 unspecified atom stereocenters. The molecule has 2 rings (SSSR count). The highest BCUT2D eigenvalue weighted by Gasteiger charge is 2.38. The van der Waals surface area contributed by atoms with Crippen LogP contribution in [0.15, 0.2) is 24.3 Å². The predicted molar refractivity (Wildman–Crippen MR) is 235 cm³/mol. The zero-order valence-corrected chi connectivity index (χ0v) is 39.2. The lowest BCUT2D eigenvalue weighted by atomic mass is 9.98. The molecule has 19 heteroatoms. The van der Waals surface area contributed by atoms with E-state index in [9.17, 15) is 51.5 Å². The van der Waals surface area contributed by atoms with Crippen LogP contribution in [-0.2, 0) is 39.7 Å². The van der Waals surface area contributed by atoms with Gasteiger partial charge in [-0.05, 0) is 104 Å². The van der Waals surface area contributed by atoms with Crippen LogP contribution in [0.4, 0.5) is 13.2 Å². The van der Waals surface area contributed by atoms with Gasteiger partial charge < -0.3 is 42.1 Å². The van der Waals surface area contributed by atoms with Crippen LogP contribution in [0.5, 0.6) is 0 Å². The molecule has 1 aromatic rings. The fourth-order valence-electron chi connectivity index (χ4n) is 6.93. The van der Waals surface area contributed by atoms with Crippen LogP contribution < -0.4 is 37.2 Å². The molecule has 1 heterocycles. The predicted octanol–water partition coefficient (Wildman–Crippen LogP) is 4.01. The summed E-state index contributed by atoms with van der Waals surface area (Å²) in [6, 6.07) is 0.645. The molecule has 1 aliphatic rings. The van der Waals surface area contributed by atoms with Crippen LogP contribution >= 0.6 is 0 Å². The van der Waals surface area contributed by atoms with E-state index in [0.29, 0.717) is 12.8 Å². The number of nitrogens with one attached hydrogen (secondary N) is 7. The number of carbonyl (C=O) groups is 8. The Kier molecular flexibility index (Phi) is 20.7. The van der Waals surface area contributed by atoms with E-state index in [0.717, 1.165) is 56.4 Å². The molecule has 360 valence electrons. The normalized spacial score (nSPS) is 15.4. The van der Waals surface area contributed by atoms with Gasteiger partial charge in [-0.15, -0.1) is 0 Å². The highest BCUT2D eigenvalue weighted by molar-refractivity contribution is 6.00. The number of nitrogens with zero attached hydrogens (tertiary/aromatic N) is 1. The smallest absolute Gasteiger partial charge is 0.349 e. The van der Waals surface area contributed by atoms with Crippen LogP contribution in [0.1, 0.15) is 149 Å². The summed E-state index contributed by atoms with van der Waals surface area (Å²) in [6.45, 7) is 16.2. The number of halogens is 3. The summed E-state index contributed by atoms with van der Waals surface area (Å²) < 4.78 is 39.3. The van der Waals surface area contributed by atoms with Gasteiger partial charge in [-0.2, -0.15) is 13.2 Å². The van der Waals surface area contributed by atoms with E-state index in [2.05, 4.69) is 44.1 Å². The maximum Gasteiger partial charge on any atom is 0.416 e. The van der Waals surface area contributed by atoms with Crippen molar-refractivity contribution >= 4 is 47.3 Å². The second-order valence-electron chi connectivity index (χ2n) is 19.0. The number of carbonyl (C=O) groups excluding carboxylic acids is 8. The topological polar surface area (TPSA) is 224 Å². The maximum absolute atomic E-state index is 13.6. The SMILES string of the molecule is CCCCCCCCC(NC(=O)C1CCCN1C(=O)c1ccc(C(F)(F)F)cc1)C(=O)NCC(=O)NC(C)(C)C(=O)NCC(=O)NC(CC(C)C)C(=O)NC(C)(C)C(=O)NC(C)(C)C. The molecule has 0 radical (unpaired) electrons. The maximum atomic E-state index is 13.6. The highest BCUT2D eigenvalue weighted by Crippen LogP contribution is 2.30. The number of unbranched alkanes of at least 4 members (excludes halogenated alkanes) is 5. The van der Waals surface area contributed by atoms with E-state index in [4.69, 9.17) is 0 Å². The molecule has 16 nitrogen and oxygen atoms in total. The Morgan fingerprint density at radius 1 is 0.688 bits per heavy atom. The molecule has 7 N–H and O–H groups in total. The van der Waals surface area contributed by atoms with Gasteiger partial charge in [0.15, 0.2) is 0 Å². The molecule has 0 aromatic heterocycles. The van der Waals surface area contributed by atoms with Crippen molar-refractivity contribution in [3.63, 3.8) is 0 Å². The molecule has 1 fully saturated rings. The van der Waals surface area contributed by atoms with Gasteiger partial charge in [0, 0.05) is 17.6 Å². The van der Waals surface area contributed by atoms with Crippen molar-refractivity contribution < 1.29 is 51.5 Å². The molecule has 1 saturated heterocycles. The van der Waals surface area contributed by atoms with Gasteiger partial charge in [-0.3, -0.25) is 38.4 Å². The van der Waals surface area contributed by atoms with Gasteiger partial charge in [-0.1, -0.05) is 59.3 Å². The van der Waals surface area contributed by atoms with Gasteiger partial charge in [0.05, 0.1) is 18.7 Å². The third kappa shape index (κ3) is 18.5. The first-order chi connectivity index (χ1) is 29.6. The standard InChI is InChI=1S/C45H71F3N8O8/c1-11-12-13-14-15-16-18-31(52-38(61)33-19-17-24-56(33)39(62)29-20-22-30(23-21-29)45(46,47)48)36(59)49-27-35(58)53-43(7,8)40(63)50-26-34(57)51-32(25-28(2)3)37(60)54-44(9,10)41(64)55-42(4,5)6/h20-23,28,31-33H,11-19,24-27H2,1-10H3,(H,49,59)(H,50,63)(H,51,57)(H,52,61)(H,53,58)(H,54,60)(H,55,64). The lowest BCUT2D eigenvalue weighted by molar-refractivity contribution is -0.137. The molecule has 64 heavy (non-hydrogen) atoms. The summed E-state index contributed by atoms with van der Waals surface area (Å²) in [5.74, 6) is -5.11. The summed E-state index contributed by atoms with van der Waals surface area (Å²) in [7, 11) is 0. The summed E-state index contributed by atoms with van der Waals surface area (Å²) in [5.41, 5.74) is -4.34. The van der Waals surface area contributed by atoms with Crippen molar-refractivity contribution in [1.82, 2.24) is 42.1 Å². The fraction of sp³-hybridized carbons (Fsp3) is 0.689. The van der Waals surface area contributed by atoms with Gasteiger partial charge >= 0.3 is 6.18 Å². The average Bonchev–Trinajstić information content (AvgIpc) is 3.68. The van der Waals surface area contributed by atoms with Gasteiger partial charge in [0.2, 0.25) is 41.4 Å². The third-order valence-corrected chi connectivity index (χ3v) is 10.5. The Bertz CT molecular complexity index is 1790. The number of hydrogen-bond donors (Lipinski definition) is 7. The first-order valence-electron chi connectivity index (χ1n) is 22.2. The number of amides is 8. The van der Waals surface area contributed by atoms with Gasteiger partial charge in [0.25, 0.3) is 5.91 Å². The van der Waals surface area contributed by atoms with Crippen molar-refractivity contribution in [2.75, 3.05) is 19.6 Å². The van der Waals surface area contributed by atoms with Crippen molar-refractivity contribution in [2.24, 2.45) is 5.92 Å². The molecule has 8 amide bonds. The van der Waals surface area contributed by atoms with Crippen LogP contribution in [0.25, 0.3) is 0 Å². The minimum atomic E-state index is -4.58. The zero-order valence-electron chi connectivity index (χ0n) is 39.2. The van der Waals surface area contributed by atoms with E-state index >= 15 is 0 Å². The minimum Gasteiger partial charge on any atom is -0.349 e. The van der Waals surface area contributed by atoms with E-state index in [1.807, 2.05) is 13.8 Å². The largest absolute Gasteiger partial charge is 0.416 e.